The fourth-order valence-electron chi connectivity index (χ4n) is 2.62. The van der Waals surface area contributed by atoms with E-state index in [2.05, 4.69) is 55.9 Å². The van der Waals surface area contributed by atoms with Crippen molar-refractivity contribution in [3.05, 3.63) is 57.7 Å². The van der Waals surface area contributed by atoms with Crippen LogP contribution >= 0.6 is 0 Å². The van der Waals surface area contributed by atoms with E-state index in [1.54, 1.807) is 0 Å². The summed E-state index contributed by atoms with van der Waals surface area (Å²) in [6, 6.07) is 6.56. The Labute approximate surface area is 127 Å². The van der Waals surface area contributed by atoms with Gasteiger partial charge in [-0.15, -0.1) is 0 Å². The molecular formula is C18H25N3. The number of nitrogens with zero attached hydrogens (tertiary/aromatic N) is 2. The summed E-state index contributed by atoms with van der Waals surface area (Å²) in [7, 11) is 0. The predicted octanol–water partition coefficient (Wildman–Crippen LogP) is 3.19. The molecule has 0 fully saturated rings. The van der Waals surface area contributed by atoms with Gasteiger partial charge in [-0.05, 0) is 69.3 Å². The van der Waals surface area contributed by atoms with Crippen molar-refractivity contribution in [2.75, 3.05) is 6.54 Å². The molecule has 0 amide bonds. The van der Waals surface area contributed by atoms with E-state index in [-0.39, 0.29) is 0 Å². The highest BCUT2D eigenvalue weighted by molar-refractivity contribution is 5.32. The molecule has 0 saturated heterocycles. The second-order valence-corrected chi connectivity index (χ2v) is 5.78. The average Bonchev–Trinajstić information content (AvgIpc) is 2.42. The lowest BCUT2D eigenvalue weighted by molar-refractivity contribution is 0.791. The number of nitrogens with two attached hydrogens (primary N) is 1. The molecule has 0 unspecified atom stereocenters. The van der Waals surface area contributed by atoms with Crippen LogP contribution in [0.5, 0.6) is 0 Å². The van der Waals surface area contributed by atoms with Crippen molar-refractivity contribution in [3.8, 4) is 0 Å². The van der Waals surface area contributed by atoms with Crippen LogP contribution in [0.1, 0.15) is 45.9 Å². The Bertz CT molecular complexity index is 609. The van der Waals surface area contributed by atoms with Gasteiger partial charge < -0.3 is 5.73 Å². The second-order valence-electron chi connectivity index (χ2n) is 5.78. The van der Waals surface area contributed by atoms with E-state index in [4.69, 9.17) is 5.73 Å². The van der Waals surface area contributed by atoms with Crippen LogP contribution in [0.4, 0.5) is 0 Å². The molecule has 0 aliphatic carbocycles. The molecule has 2 N–H and O–H groups in total. The smallest absolute Gasteiger partial charge is 0.133 e. The molecule has 112 valence electrons. The Balaban J connectivity index is 2.22. The SMILES string of the molecule is Cc1ccc(Cc2nc(C)c(CCCN)c(C)n2)cc1C. The summed E-state index contributed by atoms with van der Waals surface area (Å²) in [6.45, 7) is 9.14. The zero-order valence-corrected chi connectivity index (χ0v) is 13.5. The third kappa shape index (κ3) is 3.88. The van der Waals surface area contributed by atoms with Crippen molar-refractivity contribution in [1.82, 2.24) is 9.97 Å². The quantitative estimate of drug-likeness (QED) is 0.917. The zero-order chi connectivity index (χ0) is 15.4. The minimum Gasteiger partial charge on any atom is -0.330 e. The number of hydrogen-bond acceptors (Lipinski definition) is 3. The number of aryl methyl sites for hydroxylation is 4. The summed E-state index contributed by atoms with van der Waals surface area (Å²) in [5, 5.41) is 0. The number of aromatic nitrogens is 2. The molecule has 0 aliphatic heterocycles. The highest BCUT2D eigenvalue weighted by atomic mass is 14.9. The fourth-order valence-corrected chi connectivity index (χ4v) is 2.62. The zero-order valence-electron chi connectivity index (χ0n) is 13.5. The Morgan fingerprint density at radius 3 is 2.19 bits per heavy atom. The number of rotatable bonds is 5. The van der Waals surface area contributed by atoms with Crippen molar-refractivity contribution >= 4 is 0 Å². The van der Waals surface area contributed by atoms with Gasteiger partial charge in [-0.2, -0.15) is 0 Å². The number of benzene rings is 1. The van der Waals surface area contributed by atoms with Crippen molar-refractivity contribution in [2.24, 2.45) is 5.73 Å². The van der Waals surface area contributed by atoms with Crippen LogP contribution in [-0.2, 0) is 12.8 Å². The van der Waals surface area contributed by atoms with Gasteiger partial charge in [-0.25, -0.2) is 9.97 Å². The van der Waals surface area contributed by atoms with Crippen LogP contribution in [-0.4, -0.2) is 16.5 Å². The largest absolute Gasteiger partial charge is 0.330 e. The number of hydrogen-bond donors (Lipinski definition) is 1. The first-order chi connectivity index (χ1) is 10.0. The van der Waals surface area contributed by atoms with Crippen LogP contribution < -0.4 is 5.73 Å². The van der Waals surface area contributed by atoms with Crippen molar-refractivity contribution in [2.45, 2.75) is 47.0 Å². The molecule has 3 heteroatoms. The molecule has 3 nitrogen and oxygen atoms in total. The molecule has 0 saturated carbocycles. The van der Waals surface area contributed by atoms with Gasteiger partial charge in [-0.1, -0.05) is 18.2 Å². The van der Waals surface area contributed by atoms with Gasteiger partial charge in [-0.3, -0.25) is 0 Å². The Hall–Kier alpha value is -1.74. The van der Waals surface area contributed by atoms with Gasteiger partial charge in [0.25, 0.3) is 0 Å². The summed E-state index contributed by atoms with van der Waals surface area (Å²) in [5.74, 6) is 0.907. The monoisotopic (exact) mass is 283 g/mol. The Morgan fingerprint density at radius 2 is 1.62 bits per heavy atom. The molecule has 0 spiro atoms. The first-order valence-electron chi connectivity index (χ1n) is 7.60. The topological polar surface area (TPSA) is 51.8 Å². The summed E-state index contributed by atoms with van der Waals surface area (Å²) < 4.78 is 0. The maximum atomic E-state index is 5.59. The van der Waals surface area contributed by atoms with E-state index in [1.165, 1.54) is 22.3 Å². The minimum atomic E-state index is 0.712. The minimum absolute atomic E-state index is 0.712. The maximum absolute atomic E-state index is 5.59. The standard InChI is InChI=1S/C18H25N3/c1-12-7-8-16(10-13(12)2)11-18-20-14(3)17(6-5-9-19)15(4)21-18/h7-8,10H,5-6,9,11,19H2,1-4H3. The van der Waals surface area contributed by atoms with E-state index < -0.39 is 0 Å². The van der Waals surface area contributed by atoms with Crippen LogP contribution in [0.15, 0.2) is 18.2 Å². The van der Waals surface area contributed by atoms with Crippen molar-refractivity contribution in [1.29, 1.82) is 0 Å². The van der Waals surface area contributed by atoms with E-state index in [9.17, 15) is 0 Å². The van der Waals surface area contributed by atoms with Crippen LogP contribution in [0.3, 0.4) is 0 Å². The van der Waals surface area contributed by atoms with Gasteiger partial charge in [0.15, 0.2) is 0 Å². The van der Waals surface area contributed by atoms with E-state index in [0.29, 0.717) is 6.54 Å². The van der Waals surface area contributed by atoms with Crippen LogP contribution in [0.25, 0.3) is 0 Å². The first-order valence-corrected chi connectivity index (χ1v) is 7.60. The molecule has 0 bridgehead atoms. The van der Waals surface area contributed by atoms with Gasteiger partial charge in [0.1, 0.15) is 5.82 Å². The van der Waals surface area contributed by atoms with Crippen molar-refractivity contribution < 1.29 is 0 Å². The third-order valence-electron chi connectivity index (χ3n) is 4.03. The molecule has 2 aromatic rings. The predicted molar refractivity (Wildman–Crippen MR) is 87.6 cm³/mol. The first kappa shape index (κ1) is 15.6. The third-order valence-corrected chi connectivity index (χ3v) is 4.03. The van der Waals surface area contributed by atoms with Crippen LogP contribution in [0.2, 0.25) is 0 Å². The highest BCUT2D eigenvalue weighted by Crippen LogP contribution is 2.16. The lowest BCUT2D eigenvalue weighted by Gasteiger charge is -2.11. The second kappa shape index (κ2) is 6.81. The van der Waals surface area contributed by atoms with Gasteiger partial charge in [0.2, 0.25) is 0 Å². The Kier molecular flexibility index (Phi) is 5.07. The molecular weight excluding hydrogens is 258 g/mol. The van der Waals surface area contributed by atoms with Gasteiger partial charge >= 0.3 is 0 Å². The molecule has 1 heterocycles. The highest BCUT2D eigenvalue weighted by Gasteiger charge is 2.09. The van der Waals surface area contributed by atoms with E-state index in [1.807, 2.05) is 0 Å². The lowest BCUT2D eigenvalue weighted by Crippen LogP contribution is -2.08. The molecule has 0 radical (unpaired) electrons. The van der Waals surface area contributed by atoms with E-state index >= 15 is 0 Å². The molecule has 1 aromatic heterocycles. The molecule has 0 aliphatic rings. The molecule has 1 aromatic carbocycles. The van der Waals surface area contributed by atoms with Crippen LogP contribution in [0, 0.1) is 27.7 Å². The summed E-state index contributed by atoms with van der Waals surface area (Å²) in [5.41, 5.74) is 12.9. The fraction of sp³-hybridized carbons (Fsp3) is 0.444. The van der Waals surface area contributed by atoms with Gasteiger partial charge in [0, 0.05) is 17.8 Å². The summed E-state index contributed by atoms with van der Waals surface area (Å²) >= 11 is 0. The van der Waals surface area contributed by atoms with E-state index in [0.717, 1.165) is 36.5 Å². The summed E-state index contributed by atoms with van der Waals surface area (Å²) in [4.78, 5) is 9.36. The normalized spacial score (nSPS) is 10.9. The molecule has 2 rings (SSSR count). The molecule has 0 atom stereocenters. The Morgan fingerprint density at radius 1 is 0.952 bits per heavy atom. The molecule has 21 heavy (non-hydrogen) atoms. The average molecular weight is 283 g/mol. The maximum Gasteiger partial charge on any atom is 0.133 e. The van der Waals surface area contributed by atoms with Crippen molar-refractivity contribution in [3.63, 3.8) is 0 Å². The lowest BCUT2D eigenvalue weighted by atomic mass is 10.0. The van der Waals surface area contributed by atoms with Gasteiger partial charge in [0.05, 0.1) is 0 Å². The summed E-state index contributed by atoms with van der Waals surface area (Å²) in [6.07, 6.45) is 2.75.